The van der Waals surface area contributed by atoms with Gasteiger partial charge in [0.1, 0.15) is 18.2 Å². The van der Waals surface area contributed by atoms with Crippen molar-refractivity contribution in [3.8, 4) is 0 Å². The van der Waals surface area contributed by atoms with E-state index in [1.807, 2.05) is 4.90 Å². The highest BCUT2D eigenvalue weighted by atomic mass is 16.6. The molecule has 5 rings (SSSR count). The van der Waals surface area contributed by atoms with E-state index in [-0.39, 0.29) is 6.09 Å². The van der Waals surface area contributed by atoms with Crippen LogP contribution in [-0.2, 0) is 4.74 Å². The zero-order chi connectivity index (χ0) is 21.0. The largest absolute Gasteiger partial charge is 0.448 e. The number of piperazine rings is 1. The van der Waals surface area contributed by atoms with Crippen LogP contribution in [0.5, 0.6) is 0 Å². The Kier molecular flexibility index (Phi) is 6.29. The van der Waals surface area contributed by atoms with Gasteiger partial charge in [0, 0.05) is 64.5 Å². The van der Waals surface area contributed by atoms with Gasteiger partial charge in [0.15, 0.2) is 0 Å². The van der Waals surface area contributed by atoms with Crippen LogP contribution in [-0.4, -0.2) is 92.5 Å². The van der Waals surface area contributed by atoms with E-state index in [9.17, 15) is 4.79 Å². The number of carbonyl (C=O) groups is 1. The zero-order valence-electron chi connectivity index (χ0n) is 18.5. The molecule has 0 aliphatic carbocycles. The quantitative estimate of drug-likeness (QED) is 0.758. The first-order valence-electron chi connectivity index (χ1n) is 12.1. The van der Waals surface area contributed by atoms with E-state index in [1.54, 1.807) is 0 Å². The molecule has 4 fully saturated rings. The molecule has 1 amide bonds. The van der Waals surface area contributed by atoms with Crippen molar-refractivity contribution in [3.63, 3.8) is 0 Å². The lowest BCUT2D eigenvalue weighted by atomic mass is 10.2. The maximum absolute atomic E-state index is 12.5. The Morgan fingerprint density at radius 1 is 0.871 bits per heavy atom. The summed E-state index contributed by atoms with van der Waals surface area (Å²) in [5.74, 6) is 2.90. The third-order valence-corrected chi connectivity index (χ3v) is 6.94. The molecule has 1 atom stereocenters. The summed E-state index contributed by atoms with van der Waals surface area (Å²) in [6.45, 7) is 8.60. The first-order chi connectivity index (χ1) is 15.3. The number of hydrogen-bond acceptors (Lipinski definition) is 8. The number of nitrogens with one attached hydrogen (secondary N) is 1. The third-order valence-electron chi connectivity index (χ3n) is 6.94. The summed E-state index contributed by atoms with van der Waals surface area (Å²) in [5, 5.41) is 3.37. The number of aromatic nitrogens is 2. The first-order valence-corrected chi connectivity index (χ1v) is 12.1. The second kappa shape index (κ2) is 9.46. The van der Waals surface area contributed by atoms with Crippen LogP contribution in [0.3, 0.4) is 0 Å². The van der Waals surface area contributed by atoms with Crippen LogP contribution in [0.1, 0.15) is 38.5 Å². The van der Waals surface area contributed by atoms with Crippen LogP contribution in [0.2, 0.25) is 0 Å². The lowest BCUT2D eigenvalue weighted by Gasteiger charge is -2.35. The lowest BCUT2D eigenvalue weighted by Crippen LogP contribution is -2.49. The Morgan fingerprint density at radius 3 is 2.10 bits per heavy atom. The van der Waals surface area contributed by atoms with Crippen LogP contribution < -0.4 is 20.0 Å². The summed E-state index contributed by atoms with van der Waals surface area (Å²) in [6, 6.07) is 2.46. The molecular formula is C22H35N7O2. The van der Waals surface area contributed by atoms with Gasteiger partial charge in [-0.05, 0) is 45.1 Å². The molecule has 5 heterocycles. The summed E-state index contributed by atoms with van der Waals surface area (Å²) < 4.78 is 5.55. The van der Waals surface area contributed by atoms with Crippen LogP contribution in [0.15, 0.2) is 6.07 Å². The Labute approximate surface area is 184 Å². The molecule has 0 radical (unpaired) electrons. The minimum absolute atomic E-state index is 0.188. The van der Waals surface area contributed by atoms with E-state index in [2.05, 4.69) is 26.1 Å². The molecule has 1 aromatic heterocycles. The second-order valence-corrected chi connectivity index (χ2v) is 9.12. The van der Waals surface area contributed by atoms with Gasteiger partial charge in [0.05, 0.1) is 0 Å². The van der Waals surface area contributed by atoms with Gasteiger partial charge < -0.3 is 29.7 Å². The minimum Gasteiger partial charge on any atom is -0.448 e. The standard InChI is InChI=1S/C22H35N7O2/c30-22(31-17-18-6-5-7-23-18)29-14-12-27(13-15-29)20-16-19(26-8-1-2-9-26)24-21(25-20)28-10-3-4-11-28/h16,18,23H,1-15,17H2. The van der Waals surface area contributed by atoms with Gasteiger partial charge in [-0.1, -0.05) is 0 Å². The topological polar surface area (TPSA) is 77.1 Å². The predicted octanol–water partition coefficient (Wildman–Crippen LogP) is 1.69. The molecule has 0 aromatic carbocycles. The molecule has 9 heteroatoms. The molecule has 4 aliphatic rings. The molecule has 4 aliphatic heterocycles. The van der Waals surface area contributed by atoms with Crippen molar-refractivity contribution in [1.82, 2.24) is 20.2 Å². The average molecular weight is 430 g/mol. The Balaban J connectivity index is 1.23. The van der Waals surface area contributed by atoms with Crippen LogP contribution >= 0.6 is 0 Å². The molecule has 0 saturated carbocycles. The van der Waals surface area contributed by atoms with Gasteiger partial charge >= 0.3 is 6.09 Å². The molecule has 0 bridgehead atoms. The van der Waals surface area contributed by atoms with Crippen molar-refractivity contribution in [1.29, 1.82) is 0 Å². The van der Waals surface area contributed by atoms with Crippen molar-refractivity contribution in [2.45, 2.75) is 44.6 Å². The zero-order valence-corrected chi connectivity index (χ0v) is 18.5. The first kappa shape index (κ1) is 20.6. The maximum atomic E-state index is 12.5. The van der Waals surface area contributed by atoms with E-state index >= 15 is 0 Å². The molecule has 9 nitrogen and oxygen atoms in total. The fraction of sp³-hybridized carbons (Fsp3) is 0.773. The fourth-order valence-electron chi connectivity index (χ4n) is 5.02. The van der Waals surface area contributed by atoms with Crippen molar-refractivity contribution in [2.75, 3.05) is 80.2 Å². The number of hydrogen-bond donors (Lipinski definition) is 1. The highest BCUT2D eigenvalue weighted by Gasteiger charge is 2.27. The summed E-state index contributed by atoms with van der Waals surface area (Å²) in [6.07, 6.45) is 6.96. The molecule has 1 aromatic rings. The monoisotopic (exact) mass is 429 g/mol. The van der Waals surface area contributed by atoms with Crippen LogP contribution in [0.4, 0.5) is 22.4 Å². The molecule has 4 saturated heterocycles. The van der Waals surface area contributed by atoms with E-state index in [0.29, 0.717) is 25.7 Å². The third kappa shape index (κ3) is 4.81. The van der Waals surface area contributed by atoms with Gasteiger partial charge in [0.2, 0.25) is 5.95 Å². The molecule has 31 heavy (non-hydrogen) atoms. The van der Waals surface area contributed by atoms with Crippen molar-refractivity contribution in [3.05, 3.63) is 6.07 Å². The van der Waals surface area contributed by atoms with E-state index in [4.69, 9.17) is 14.7 Å². The summed E-state index contributed by atoms with van der Waals surface area (Å²) in [5.41, 5.74) is 0. The molecular weight excluding hydrogens is 394 g/mol. The molecule has 1 unspecified atom stereocenters. The number of anilines is 3. The number of ether oxygens (including phenoxy) is 1. The Hall–Kier alpha value is -2.29. The number of rotatable bonds is 5. The summed E-state index contributed by atoms with van der Waals surface area (Å²) >= 11 is 0. The normalized spacial score (nSPS) is 24.3. The van der Waals surface area contributed by atoms with Gasteiger partial charge in [-0.2, -0.15) is 9.97 Å². The van der Waals surface area contributed by atoms with Crippen molar-refractivity contribution >= 4 is 23.7 Å². The average Bonchev–Trinajstić information content (AvgIpc) is 3.60. The van der Waals surface area contributed by atoms with E-state index < -0.39 is 0 Å². The molecule has 170 valence electrons. The molecule has 0 spiro atoms. The smallest absolute Gasteiger partial charge is 0.409 e. The SMILES string of the molecule is O=C(OCC1CCCN1)N1CCN(c2cc(N3CCCC3)nc(N3CCCC3)n2)CC1. The highest BCUT2D eigenvalue weighted by Crippen LogP contribution is 2.27. The van der Waals surface area contributed by atoms with Crippen LogP contribution in [0.25, 0.3) is 0 Å². The van der Waals surface area contributed by atoms with Gasteiger partial charge in [-0.3, -0.25) is 0 Å². The summed E-state index contributed by atoms with van der Waals surface area (Å²) in [4.78, 5) is 31.2. The van der Waals surface area contributed by atoms with Crippen molar-refractivity contribution in [2.24, 2.45) is 0 Å². The highest BCUT2D eigenvalue weighted by molar-refractivity contribution is 5.68. The van der Waals surface area contributed by atoms with Gasteiger partial charge in [-0.25, -0.2) is 4.79 Å². The van der Waals surface area contributed by atoms with Gasteiger partial charge in [-0.15, -0.1) is 0 Å². The maximum Gasteiger partial charge on any atom is 0.409 e. The minimum atomic E-state index is -0.188. The van der Waals surface area contributed by atoms with E-state index in [1.165, 1.54) is 32.1 Å². The van der Waals surface area contributed by atoms with Crippen LogP contribution in [0, 0.1) is 0 Å². The van der Waals surface area contributed by atoms with Crippen molar-refractivity contribution < 1.29 is 9.53 Å². The second-order valence-electron chi connectivity index (χ2n) is 9.12. The number of nitrogens with zero attached hydrogens (tertiary/aromatic N) is 6. The van der Waals surface area contributed by atoms with E-state index in [0.717, 1.165) is 69.8 Å². The predicted molar refractivity (Wildman–Crippen MR) is 121 cm³/mol. The Morgan fingerprint density at radius 2 is 1.48 bits per heavy atom. The molecule has 1 N–H and O–H groups in total. The number of carbonyl (C=O) groups excluding carboxylic acids is 1. The number of amides is 1. The summed E-state index contributed by atoms with van der Waals surface area (Å²) in [7, 11) is 0. The fourth-order valence-corrected chi connectivity index (χ4v) is 5.02. The Bertz CT molecular complexity index is 716. The van der Waals surface area contributed by atoms with Gasteiger partial charge in [0.25, 0.3) is 0 Å². The lowest BCUT2D eigenvalue weighted by molar-refractivity contribution is 0.0929.